The molecule has 1 N–H and O–H groups in total. The zero-order valence-electron chi connectivity index (χ0n) is 12.7. The number of likely N-dealkylation sites (N-methyl/N-ethyl adjacent to an activating group) is 1. The predicted molar refractivity (Wildman–Crippen MR) is 83.5 cm³/mol. The molecule has 3 rings (SSSR count). The van der Waals surface area contributed by atoms with Crippen molar-refractivity contribution in [3.8, 4) is 5.75 Å². The molecule has 0 spiro atoms. The number of methoxy groups -OCH3 is 1. The summed E-state index contributed by atoms with van der Waals surface area (Å²) in [5.41, 5.74) is 2.04. The molecule has 0 aliphatic carbocycles. The lowest BCUT2D eigenvalue weighted by Crippen LogP contribution is -2.46. The Morgan fingerprint density at radius 1 is 1.19 bits per heavy atom. The van der Waals surface area contributed by atoms with Crippen molar-refractivity contribution < 1.29 is 9.84 Å². The third-order valence-electron chi connectivity index (χ3n) is 4.55. The van der Waals surface area contributed by atoms with E-state index in [1.165, 1.54) is 0 Å². The van der Waals surface area contributed by atoms with Crippen LogP contribution in [0.4, 0.5) is 0 Å². The summed E-state index contributed by atoms with van der Waals surface area (Å²) in [4.78, 5) is 2.18. The average molecular weight is 283 g/mol. The summed E-state index contributed by atoms with van der Waals surface area (Å²) in [7, 11) is 3.71. The van der Waals surface area contributed by atoms with Crippen molar-refractivity contribution in [2.45, 2.75) is 18.6 Å². The smallest absolute Gasteiger partial charge is 0.128 e. The van der Waals surface area contributed by atoms with Crippen molar-refractivity contribution in [1.29, 1.82) is 0 Å². The SMILES string of the molecule is COc1ccc2c(c1)C(C)N(C)CC2(O)c1ccccc1. The molecule has 1 heterocycles. The predicted octanol–water partition coefficient (Wildman–Crippen LogP) is 2.94. The van der Waals surface area contributed by atoms with E-state index >= 15 is 0 Å². The number of nitrogens with zero attached hydrogens (tertiary/aromatic N) is 1. The van der Waals surface area contributed by atoms with E-state index in [-0.39, 0.29) is 6.04 Å². The van der Waals surface area contributed by atoms with Crippen molar-refractivity contribution in [3.05, 3.63) is 65.2 Å². The van der Waals surface area contributed by atoms with Gasteiger partial charge in [0.2, 0.25) is 0 Å². The molecule has 0 bridgehead atoms. The van der Waals surface area contributed by atoms with Gasteiger partial charge < -0.3 is 9.84 Å². The molecule has 0 aromatic heterocycles. The van der Waals surface area contributed by atoms with Gasteiger partial charge in [-0.05, 0) is 42.8 Å². The van der Waals surface area contributed by atoms with Gasteiger partial charge in [-0.15, -0.1) is 0 Å². The van der Waals surface area contributed by atoms with E-state index in [2.05, 4.69) is 11.8 Å². The number of aliphatic hydroxyl groups is 1. The third-order valence-corrected chi connectivity index (χ3v) is 4.55. The molecule has 1 aliphatic heterocycles. The molecule has 21 heavy (non-hydrogen) atoms. The highest BCUT2D eigenvalue weighted by Crippen LogP contribution is 2.42. The molecule has 0 radical (unpaired) electrons. The molecule has 3 nitrogen and oxygen atoms in total. The summed E-state index contributed by atoms with van der Waals surface area (Å²) < 4.78 is 5.34. The number of benzene rings is 2. The Kier molecular flexibility index (Phi) is 3.47. The van der Waals surface area contributed by atoms with Gasteiger partial charge in [-0.2, -0.15) is 0 Å². The van der Waals surface area contributed by atoms with E-state index in [0.29, 0.717) is 6.54 Å². The summed E-state index contributed by atoms with van der Waals surface area (Å²) in [6, 6.07) is 16.1. The van der Waals surface area contributed by atoms with Gasteiger partial charge in [0.05, 0.1) is 7.11 Å². The lowest BCUT2D eigenvalue weighted by molar-refractivity contribution is 0.0159. The van der Waals surface area contributed by atoms with Crippen LogP contribution in [0.15, 0.2) is 48.5 Å². The first kappa shape index (κ1) is 14.1. The lowest BCUT2D eigenvalue weighted by atomic mass is 9.78. The highest BCUT2D eigenvalue weighted by atomic mass is 16.5. The van der Waals surface area contributed by atoms with Crippen LogP contribution >= 0.6 is 0 Å². The van der Waals surface area contributed by atoms with Gasteiger partial charge in [0.25, 0.3) is 0 Å². The molecule has 0 amide bonds. The molecule has 0 saturated carbocycles. The van der Waals surface area contributed by atoms with Gasteiger partial charge in [0.15, 0.2) is 0 Å². The van der Waals surface area contributed by atoms with Crippen molar-refractivity contribution in [3.63, 3.8) is 0 Å². The van der Waals surface area contributed by atoms with Crippen molar-refractivity contribution in [2.75, 3.05) is 20.7 Å². The van der Waals surface area contributed by atoms with E-state index in [0.717, 1.165) is 22.4 Å². The molecule has 110 valence electrons. The quantitative estimate of drug-likeness (QED) is 0.920. The molecular formula is C18H21NO2. The van der Waals surface area contributed by atoms with Crippen LogP contribution in [0.2, 0.25) is 0 Å². The molecule has 2 aromatic rings. The topological polar surface area (TPSA) is 32.7 Å². The highest BCUT2D eigenvalue weighted by Gasteiger charge is 2.41. The monoisotopic (exact) mass is 283 g/mol. The number of hydrogen-bond donors (Lipinski definition) is 1. The standard InChI is InChI=1S/C18H21NO2/c1-13-16-11-15(21-3)9-10-17(16)18(20,12-19(13)2)14-7-5-4-6-8-14/h4-11,13,20H,12H2,1-3H3. The second kappa shape index (κ2) is 5.17. The van der Waals surface area contributed by atoms with Crippen LogP contribution < -0.4 is 4.74 Å². The van der Waals surface area contributed by atoms with Gasteiger partial charge in [-0.3, -0.25) is 4.90 Å². The van der Waals surface area contributed by atoms with Gasteiger partial charge in [-0.1, -0.05) is 36.4 Å². The lowest BCUT2D eigenvalue weighted by Gasteiger charge is -2.43. The molecular weight excluding hydrogens is 262 g/mol. The Hall–Kier alpha value is -1.84. The molecule has 2 atom stereocenters. The maximum Gasteiger partial charge on any atom is 0.128 e. The Morgan fingerprint density at radius 3 is 2.57 bits per heavy atom. The van der Waals surface area contributed by atoms with Crippen LogP contribution in [-0.4, -0.2) is 30.7 Å². The fraction of sp³-hybridized carbons (Fsp3) is 0.333. The van der Waals surface area contributed by atoms with Crippen molar-refractivity contribution in [2.24, 2.45) is 0 Å². The van der Waals surface area contributed by atoms with E-state index in [4.69, 9.17) is 4.74 Å². The zero-order valence-corrected chi connectivity index (χ0v) is 12.7. The minimum absolute atomic E-state index is 0.249. The van der Waals surface area contributed by atoms with E-state index in [9.17, 15) is 5.11 Å². The molecule has 2 aromatic carbocycles. The van der Waals surface area contributed by atoms with E-state index in [1.807, 2.05) is 55.6 Å². The van der Waals surface area contributed by atoms with Crippen LogP contribution in [0.1, 0.15) is 29.7 Å². The first-order valence-corrected chi connectivity index (χ1v) is 7.23. The summed E-state index contributed by atoms with van der Waals surface area (Å²) in [5, 5.41) is 11.4. The first-order chi connectivity index (χ1) is 10.1. The Bertz CT molecular complexity index is 641. The average Bonchev–Trinajstić information content (AvgIpc) is 2.53. The fourth-order valence-electron chi connectivity index (χ4n) is 3.17. The highest BCUT2D eigenvalue weighted by molar-refractivity contribution is 5.47. The normalized spacial score (nSPS) is 25.4. The number of rotatable bonds is 2. The van der Waals surface area contributed by atoms with Gasteiger partial charge in [-0.25, -0.2) is 0 Å². The minimum atomic E-state index is -0.982. The Labute approximate surface area is 125 Å². The second-order valence-corrected chi connectivity index (χ2v) is 5.77. The number of fused-ring (bicyclic) bond motifs is 1. The number of β-amino-alcohol motifs (C(OH)–C–C–N with tert-alkyl or cyclic N) is 1. The van der Waals surface area contributed by atoms with E-state index < -0.39 is 5.60 Å². The van der Waals surface area contributed by atoms with Gasteiger partial charge in [0, 0.05) is 12.6 Å². The maximum atomic E-state index is 11.4. The minimum Gasteiger partial charge on any atom is -0.497 e. The summed E-state index contributed by atoms with van der Waals surface area (Å²) >= 11 is 0. The largest absolute Gasteiger partial charge is 0.497 e. The molecule has 1 aliphatic rings. The Balaban J connectivity index is 2.19. The molecule has 0 fully saturated rings. The molecule has 0 saturated heterocycles. The first-order valence-electron chi connectivity index (χ1n) is 7.23. The van der Waals surface area contributed by atoms with E-state index in [1.54, 1.807) is 7.11 Å². The molecule has 3 heteroatoms. The third kappa shape index (κ3) is 2.23. The Morgan fingerprint density at radius 2 is 1.90 bits per heavy atom. The van der Waals surface area contributed by atoms with Crippen molar-refractivity contribution in [1.82, 2.24) is 4.90 Å². The van der Waals surface area contributed by atoms with Crippen molar-refractivity contribution >= 4 is 0 Å². The molecule has 2 unspecified atom stereocenters. The summed E-state index contributed by atoms with van der Waals surface area (Å²) in [5.74, 6) is 0.825. The fourth-order valence-corrected chi connectivity index (χ4v) is 3.17. The van der Waals surface area contributed by atoms with Gasteiger partial charge >= 0.3 is 0 Å². The second-order valence-electron chi connectivity index (χ2n) is 5.77. The van der Waals surface area contributed by atoms with Crippen LogP contribution in [0.25, 0.3) is 0 Å². The zero-order chi connectivity index (χ0) is 15.0. The number of ether oxygens (including phenoxy) is 1. The van der Waals surface area contributed by atoms with Crippen LogP contribution in [0, 0.1) is 0 Å². The van der Waals surface area contributed by atoms with Crippen LogP contribution in [0.3, 0.4) is 0 Å². The van der Waals surface area contributed by atoms with Crippen LogP contribution in [0.5, 0.6) is 5.75 Å². The van der Waals surface area contributed by atoms with Gasteiger partial charge in [0.1, 0.15) is 11.4 Å². The number of hydrogen-bond acceptors (Lipinski definition) is 3. The summed E-state index contributed by atoms with van der Waals surface area (Å²) in [6.07, 6.45) is 0. The summed E-state index contributed by atoms with van der Waals surface area (Å²) in [6.45, 7) is 2.74. The maximum absolute atomic E-state index is 11.4. The van der Waals surface area contributed by atoms with Crippen LogP contribution in [-0.2, 0) is 5.60 Å².